The van der Waals surface area contributed by atoms with Crippen LogP contribution in [0.15, 0.2) is 12.3 Å². The Morgan fingerprint density at radius 2 is 2.50 bits per heavy atom. The Morgan fingerprint density at radius 3 is 3.00 bits per heavy atom. The molecule has 0 saturated carbocycles. The van der Waals surface area contributed by atoms with E-state index < -0.39 is 4.92 Å². The van der Waals surface area contributed by atoms with Crippen LogP contribution in [0.25, 0.3) is 0 Å². The van der Waals surface area contributed by atoms with Crippen LogP contribution in [0.3, 0.4) is 0 Å². The van der Waals surface area contributed by atoms with E-state index in [0.717, 1.165) is 6.42 Å². The van der Waals surface area contributed by atoms with E-state index >= 15 is 0 Å². The summed E-state index contributed by atoms with van der Waals surface area (Å²) in [5, 5.41) is 13.9. The van der Waals surface area contributed by atoms with Gasteiger partial charge in [0.25, 0.3) is 0 Å². The van der Waals surface area contributed by atoms with Gasteiger partial charge in [-0.25, -0.2) is 0 Å². The lowest BCUT2D eigenvalue weighted by molar-refractivity contribution is -0.389. The van der Waals surface area contributed by atoms with Crippen LogP contribution in [0.5, 0.6) is 0 Å². The van der Waals surface area contributed by atoms with E-state index in [1.807, 2.05) is 0 Å². The summed E-state index contributed by atoms with van der Waals surface area (Å²) in [5.74, 6) is 0.415. The minimum absolute atomic E-state index is 0.121. The van der Waals surface area contributed by atoms with Gasteiger partial charge in [-0.3, -0.25) is 0 Å². The Bertz CT molecular complexity index is 274. The molecule has 66 valence electrons. The molecule has 0 aliphatic rings. The highest BCUT2D eigenvalue weighted by molar-refractivity contribution is 6.17. The maximum Gasteiger partial charge on any atom is 0.389 e. The summed E-state index contributed by atoms with van der Waals surface area (Å²) >= 11 is 5.45. The number of nitrogens with zero attached hydrogens (tertiary/aromatic N) is 3. The summed E-state index contributed by atoms with van der Waals surface area (Å²) in [7, 11) is 0. The topological polar surface area (TPSA) is 61.0 Å². The van der Waals surface area contributed by atoms with Gasteiger partial charge in [-0.05, 0) is 11.3 Å². The van der Waals surface area contributed by atoms with E-state index in [2.05, 4.69) is 5.10 Å². The fraction of sp³-hybridized carbons (Fsp3) is 0.500. The molecule has 0 bridgehead atoms. The molecule has 0 spiro atoms. The van der Waals surface area contributed by atoms with Crippen molar-refractivity contribution in [3.8, 4) is 0 Å². The van der Waals surface area contributed by atoms with E-state index in [9.17, 15) is 10.1 Å². The largest absolute Gasteiger partial charge is 0.389 e. The van der Waals surface area contributed by atoms with Gasteiger partial charge in [0, 0.05) is 5.88 Å². The monoisotopic (exact) mass is 189 g/mol. The summed E-state index contributed by atoms with van der Waals surface area (Å²) < 4.78 is 1.51. The zero-order valence-corrected chi connectivity index (χ0v) is 7.07. The first-order chi connectivity index (χ1) is 5.74. The average Bonchev–Trinajstić information content (AvgIpc) is 2.48. The molecular weight excluding hydrogens is 182 g/mol. The second-order valence-electron chi connectivity index (χ2n) is 2.24. The highest BCUT2D eigenvalue weighted by Crippen LogP contribution is 2.05. The summed E-state index contributed by atoms with van der Waals surface area (Å²) in [4.78, 5) is 9.68. The molecule has 6 heteroatoms. The van der Waals surface area contributed by atoms with Crippen molar-refractivity contribution in [2.24, 2.45) is 0 Å². The van der Waals surface area contributed by atoms with Crippen molar-refractivity contribution in [2.75, 3.05) is 5.88 Å². The minimum atomic E-state index is -0.517. The Kier molecular flexibility index (Phi) is 3.04. The zero-order chi connectivity index (χ0) is 8.97. The third-order valence-corrected chi connectivity index (χ3v) is 1.60. The SMILES string of the molecule is O=[N+]([O-])c1ccn(CCCCl)n1. The molecule has 0 fully saturated rings. The predicted octanol–water partition coefficient (Wildman–Crippen LogP) is 1.42. The molecule has 0 aliphatic carbocycles. The number of halogens is 1. The van der Waals surface area contributed by atoms with Gasteiger partial charge in [-0.15, -0.1) is 11.6 Å². The first-order valence-corrected chi connectivity index (χ1v) is 4.01. The molecule has 1 aromatic rings. The van der Waals surface area contributed by atoms with Crippen molar-refractivity contribution in [3.63, 3.8) is 0 Å². The molecule has 0 aliphatic heterocycles. The standard InChI is InChI=1S/C6H8ClN3O2/c7-3-1-4-9-5-2-6(8-9)10(11)12/h2,5H,1,3-4H2. The van der Waals surface area contributed by atoms with E-state index in [-0.39, 0.29) is 5.82 Å². The van der Waals surface area contributed by atoms with Crippen LogP contribution < -0.4 is 0 Å². The van der Waals surface area contributed by atoms with E-state index in [1.54, 1.807) is 6.20 Å². The number of rotatable bonds is 4. The van der Waals surface area contributed by atoms with Gasteiger partial charge >= 0.3 is 5.82 Å². The van der Waals surface area contributed by atoms with Crippen LogP contribution in [0, 0.1) is 10.1 Å². The molecule has 0 atom stereocenters. The van der Waals surface area contributed by atoms with Crippen LogP contribution in [0.4, 0.5) is 5.82 Å². The van der Waals surface area contributed by atoms with Gasteiger partial charge in [0.05, 0.1) is 23.9 Å². The number of alkyl halides is 1. The summed E-state index contributed by atoms with van der Waals surface area (Å²) in [6.07, 6.45) is 2.34. The van der Waals surface area contributed by atoms with Gasteiger partial charge in [0.2, 0.25) is 0 Å². The predicted molar refractivity (Wildman–Crippen MR) is 44.2 cm³/mol. The van der Waals surface area contributed by atoms with Crippen molar-refractivity contribution < 1.29 is 4.92 Å². The second kappa shape index (κ2) is 4.06. The number of hydrogen-bond donors (Lipinski definition) is 0. The van der Waals surface area contributed by atoms with Crippen LogP contribution in [0.2, 0.25) is 0 Å². The van der Waals surface area contributed by atoms with Crippen molar-refractivity contribution >= 4 is 17.4 Å². The van der Waals surface area contributed by atoms with Gasteiger partial charge in [-0.2, -0.15) is 4.68 Å². The minimum Gasteiger partial charge on any atom is -0.358 e. The Hall–Kier alpha value is -1.10. The van der Waals surface area contributed by atoms with Crippen LogP contribution in [-0.2, 0) is 6.54 Å². The maximum atomic E-state index is 10.2. The molecule has 5 nitrogen and oxygen atoms in total. The molecule has 0 amide bonds. The molecule has 0 aromatic carbocycles. The van der Waals surface area contributed by atoms with Crippen molar-refractivity contribution in [3.05, 3.63) is 22.4 Å². The van der Waals surface area contributed by atoms with Crippen LogP contribution >= 0.6 is 11.6 Å². The molecule has 0 saturated heterocycles. The molecule has 0 unspecified atom stereocenters. The lowest BCUT2D eigenvalue weighted by Crippen LogP contribution is -2.00. The molecule has 0 N–H and O–H groups in total. The van der Waals surface area contributed by atoms with Gasteiger partial charge < -0.3 is 10.1 Å². The third kappa shape index (κ3) is 2.20. The molecule has 1 rings (SSSR count). The van der Waals surface area contributed by atoms with Crippen LogP contribution in [-0.4, -0.2) is 20.6 Å². The zero-order valence-electron chi connectivity index (χ0n) is 6.31. The van der Waals surface area contributed by atoms with Gasteiger partial charge in [0.15, 0.2) is 0 Å². The summed E-state index contributed by atoms with van der Waals surface area (Å²) in [5.41, 5.74) is 0. The van der Waals surface area contributed by atoms with Gasteiger partial charge in [0.1, 0.15) is 0 Å². The highest BCUT2D eigenvalue weighted by atomic mass is 35.5. The molecule has 0 radical (unpaired) electrons. The van der Waals surface area contributed by atoms with Gasteiger partial charge in [-0.1, -0.05) is 0 Å². The average molecular weight is 190 g/mol. The molecule has 1 aromatic heterocycles. The lowest BCUT2D eigenvalue weighted by Gasteiger charge is -1.90. The van der Waals surface area contributed by atoms with E-state index in [0.29, 0.717) is 12.4 Å². The lowest BCUT2D eigenvalue weighted by atomic mass is 10.5. The normalized spacial score (nSPS) is 10.1. The number of aryl methyl sites for hydroxylation is 1. The quantitative estimate of drug-likeness (QED) is 0.409. The first-order valence-electron chi connectivity index (χ1n) is 3.48. The van der Waals surface area contributed by atoms with Crippen molar-refractivity contribution in [1.29, 1.82) is 0 Å². The van der Waals surface area contributed by atoms with Crippen molar-refractivity contribution in [1.82, 2.24) is 9.78 Å². The Labute approximate surface area is 74.1 Å². The number of nitro groups is 1. The summed E-state index contributed by atoms with van der Waals surface area (Å²) in [6.45, 7) is 0.622. The summed E-state index contributed by atoms with van der Waals surface area (Å²) in [6, 6.07) is 1.37. The van der Waals surface area contributed by atoms with E-state index in [1.165, 1.54) is 10.7 Å². The smallest absolute Gasteiger partial charge is 0.358 e. The van der Waals surface area contributed by atoms with Crippen LogP contribution in [0.1, 0.15) is 6.42 Å². The number of hydrogen-bond acceptors (Lipinski definition) is 3. The van der Waals surface area contributed by atoms with Crippen molar-refractivity contribution in [2.45, 2.75) is 13.0 Å². The van der Waals surface area contributed by atoms with E-state index in [4.69, 9.17) is 11.6 Å². The fourth-order valence-electron chi connectivity index (χ4n) is 0.795. The fourth-order valence-corrected chi connectivity index (χ4v) is 0.914. The molecule has 12 heavy (non-hydrogen) atoms. The number of aromatic nitrogens is 2. The maximum absolute atomic E-state index is 10.2. The highest BCUT2D eigenvalue weighted by Gasteiger charge is 2.09. The second-order valence-corrected chi connectivity index (χ2v) is 2.61. The molecular formula is C6H8ClN3O2. The Balaban J connectivity index is 2.58. The molecule has 1 heterocycles. The first kappa shape index (κ1) is 8.99. The third-order valence-electron chi connectivity index (χ3n) is 1.33. The Morgan fingerprint density at radius 1 is 1.75 bits per heavy atom.